The second-order valence-electron chi connectivity index (χ2n) is 4.02. The first kappa shape index (κ1) is 12.0. The Morgan fingerprint density at radius 3 is 2.73 bits per heavy atom. The molecule has 0 aromatic carbocycles. The van der Waals surface area contributed by atoms with E-state index in [1.54, 1.807) is 0 Å². The minimum atomic E-state index is -0.599. The van der Waals surface area contributed by atoms with E-state index in [0.29, 0.717) is 6.54 Å². The number of methoxy groups -OCH3 is 1. The van der Waals surface area contributed by atoms with E-state index in [9.17, 15) is 9.90 Å². The molecule has 2 N–H and O–H groups in total. The van der Waals surface area contributed by atoms with Crippen molar-refractivity contribution in [3.63, 3.8) is 0 Å². The number of ether oxygens (including phenoxy) is 1. The number of carbonyl (C=O) groups excluding carboxylic acids is 1. The van der Waals surface area contributed by atoms with Crippen LogP contribution < -0.4 is 5.32 Å². The van der Waals surface area contributed by atoms with Gasteiger partial charge in [0, 0.05) is 18.8 Å². The van der Waals surface area contributed by atoms with Crippen LogP contribution in [0, 0.1) is 0 Å². The third-order valence-electron chi connectivity index (χ3n) is 2.75. The maximum absolute atomic E-state index is 10.7. The quantitative estimate of drug-likeness (QED) is 0.539. The highest BCUT2D eigenvalue weighted by Crippen LogP contribution is 2.27. The molecule has 1 aliphatic rings. The van der Waals surface area contributed by atoms with E-state index in [1.165, 1.54) is 25.8 Å². The molecule has 0 saturated heterocycles. The lowest BCUT2D eigenvalue weighted by Gasteiger charge is -2.31. The summed E-state index contributed by atoms with van der Waals surface area (Å²) in [5.41, 5.74) is -0.599. The smallest absolute Gasteiger partial charge is 0.331 e. The van der Waals surface area contributed by atoms with Crippen molar-refractivity contribution in [2.75, 3.05) is 13.7 Å². The number of rotatable bonds is 4. The molecule has 0 heterocycles. The summed E-state index contributed by atoms with van der Waals surface area (Å²) in [7, 11) is 1.33. The predicted octanol–water partition coefficient (Wildman–Crippen LogP) is 0.958. The van der Waals surface area contributed by atoms with Gasteiger partial charge in [-0.05, 0) is 12.8 Å². The van der Waals surface area contributed by atoms with Crippen molar-refractivity contribution in [3.05, 3.63) is 12.3 Å². The Labute approximate surface area is 90.3 Å². The van der Waals surface area contributed by atoms with Crippen LogP contribution in [0.5, 0.6) is 0 Å². The van der Waals surface area contributed by atoms with E-state index in [4.69, 9.17) is 0 Å². The molecule has 0 spiro atoms. The summed E-state index contributed by atoms with van der Waals surface area (Å²) in [6.45, 7) is 0.500. The first-order chi connectivity index (χ1) is 7.16. The van der Waals surface area contributed by atoms with Gasteiger partial charge in [-0.1, -0.05) is 19.3 Å². The van der Waals surface area contributed by atoms with Crippen LogP contribution in [0.4, 0.5) is 0 Å². The van der Waals surface area contributed by atoms with E-state index < -0.39 is 11.6 Å². The summed E-state index contributed by atoms with van der Waals surface area (Å²) < 4.78 is 4.44. The van der Waals surface area contributed by atoms with Gasteiger partial charge in [-0.25, -0.2) is 4.79 Å². The maximum atomic E-state index is 10.7. The molecular formula is C11H19NO3. The van der Waals surface area contributed by atoms with Crippen LogP contribution in [0.1, 0.15) is 32.1 Å². The van der Waals surface area contributed by atoms with Gasteiger partial charge in [0.25, 0.3) is 0 Å². The van der Waals surface area contributed by atoms with Crippen LogP contribution in [-0.2, 0) is 9.53 Å². The van der Waals surface area contributed by atoms with E-state index >= 15 is 0 Å². The highest BCUT2D eigenvalue weighted by atomic mass is 16.5. The SMILES string of the molecule is COC(=O)/C=C/NCC1(O)CCCCC1. The van der Waals surface area contributed by atoms with Gasteiger partial charge in [0.1, 0.15) is 0 Å². The number of carbonyl (C=O) groups is 1. The molecule has 0 radical (unpaired) electrons. The molecule has 0 atom stereocenters. The van der Waals surface area contributed by atoms with Crippen molar-refractivity contribution >= 4 is 5.97 Å². The van der Waals surface area contributed by atoms with Crippen molar-refractivity contribution in [2.45, 2.75) is 37.7 Å². The van der Waals surface area contributed by atoms with Gasteiger partial charge in [-0.2, -0.15) is 0 Å². The van der Waals surface area contributed by atoms with Crippen LogP contribution in [0.2, 0.25) is 0 Å². The standard InChI is InChI=1S/C11H19NO3/c1-15-10(13)5-8-12-9-11(14)6-3-2-4-7-11/h5,8,12,14H,2-4,6-7,9H2,1H3/b8-5+. The van der Waals surface area contributed by atoms with E-state index in [0.717, 1.165) is 25.7 Å². The van der Waals surface area contributed by atoms with E-state index in [1.807, 2.05) is 0 Å². The molecular weight excluding hydrogens is 194 g/mol. The van der Waals surface area contributed by atoms with Gasteiger partial charge in [0.2, 0.25) is 0 Å². The van der Waals surface area contributed by atoms with Crippen molar-refractivity contribution in [2.24, 2.45) is 0 Å². The normalized spacial score (nSPS) is 20.1. The molecule has 0 unspecified atom stereocenters. The Hall–Kier alpha value is -1.03. The molecule has 4 nitrogen and oxygen atoms in total. The summed E-state index contributed by atoms with van der Waals surface area (Å²) >= 11 is 0. The molecule has 86 valence electrons. The zero-order valence-corrected chi connectivity index (χ0v) is 9.16. The van der Waals surface area contributed by atoms with Gasteiger partial charge >= 0.3 is 5.97 Å². The van der Waals surface area contributed by atoms with Gasteiger partial charge in [-0.15, -0.1) is 0 Å². The second-order valence-corrected chi connectivity index (χ2v) is 4.02. The number of nitrogens with one attached hydrogen (secondary N) is 1. The summed E-state index contributed by atoms with van der Waals surface area (Å²) in [6.07, 6.45) is 7.89. The average molecular weight is 213 g/mol. The van der Waals surface area contributed by atoms with Crippen LogP contribution in [0.15, 0.2) is 12.3 Å². The Balaban J connectivity index is 2.23. The minimum absolute atomic E-state index is 0.391. The summed E-state index contributed by atoms with van der Waals surface area (Å²) in [4.78, 5) is 10.7. The van der Waals surface area contributed by atoms with Crippen LogP contribution in [-0.4, -0.2) is 30.3 Å². The molecule has 0 amide bonds. The van der Waals surface area contributed by atoms with Crippen LogP contribution >= 0.6 is 0 Å². The number of aliphatic hydroxyl groups is 1. The number of hydrogen-bond donors (Lipinski definition) is 2. The third kappa shape index (κ3) is 4.34. The Kier molecular flexibility index (Phi) is 4.62. The lowest BCUT2D eigenvalue weighted by Crippen LogP contribution is -2.40. The predicted molar refractivity (Wildman–Crippen MR) is 57.2 cm³/mol. The molecule has 1 aliphatic carbocycles. The zero-order valence-electron chi connectivity index (χ0n) is 9.16. The number of hydrogen-bond acceptors (Lipinski definition) is 4. The first-order valence-corrected chi connectivity index (χ1v) is 5.37. The van der Waals surface area contributed by atoms with Gasteiger partial charge < -0.3 is 15.2 Å². The molecule has 0 aliphatic heterocycles. The molecule has 1 saturated carbocycles. The van der Waals surface area contributed by atoms with E-state index in [2.05, 4.69) is 10.1 Å². The molecule has 0 bridgehead atoms. The fourth-order valence-corrected chi connectivity index (χ4v) is 1.83. The molecule has 1 fully saturated rings. The van der Waals surface area contributed by atoms with Crippen molar-refractivity contribution in [1.29, 1.82) is 0 Å². The Bertz CT molecular complexity index is 232. The summed E-state index contributed by atoms with van der Waals surface area (Å²) in [5, 5.41) is 13.0. The zero-order chi connectivity index (χ0) is 11.1. The lowest BCUT2D eigenvalue weighted by atomic mass is 9.85. The van der Waals surface area contributed by atoms with Crippen molar-refractivity contribution in [3.8, 4) is 0 Å². The largest absolute Gasteiger partial charge is 0.466 e. The average Bonchev–Trinajstić information content (AvgIpc) is 2.25. The third-order valence-corrected chi connectivity index (χ3v) is 2.75. The topological polar surface area (TPSA) is 58.6 Å². The molecule has 0 aromatic heterocycles. The second kappa shape index (κ2) is 5.75. The molecule has 0 aromatic rings. The fraction of sp³-hybridized carbons (Fsp3) is 0.727. The van der Waals surface area contributed by atoms with Crippen LogP contribution in [0.3, 0.4) is 0 Å². The summed E-state index contributed by atoms with van der Waals surface area (Å²) in [5.74, 6) is -0.391. The monoisotopic (exact) mass is 213 g/mol. The minimum Gasteiger partial charge on any atom is -0.466 e. The Morgan fingerprint density at radius 1 is 1.47 bits per heavy atom. The van der Waals surface area contributed by atoms with Crippen LogP contribution in [0.25, 0.3) is 0 Å². The number of esters is 1. The summed E-state index contributed by atoms with van der Waals surface area (Å²) in [6, 6.07) is 0. The Morgan fingerprint density at radius 2 is 2.13 bits per heavy atom. The van der Waals surface area contributed by atoms with Gasteiger partial charge in [-0.3, -0.25) is 0 Å². The highest BCUT2D eigenvalue weighted by molar-refractivity contribution is 5.81. The molecule has 15 heavy (non-hydrogen) atoms. The molecule has 1 rings (SSSR count). The van der Waals surface area contributed by atoms with Crippen molar-refractivity contribution < 1.29 is 14.6 Å². The van der Waals surface area contributed by atoms with Gasteiger partial charge in [0.05, 0.1) is 12.7 Å². The molecule has 4 heteroatoms. The lowest BCUT2D eigenvalue weighted by molar-refractivity contribution is -0.134. The van der Waals surface area contributed by atoms with Gasteiger partial charge in [0.15, 0.2) is 0 Å². The fourth-order valence-electron chi connectivity index (χ4n) is 1.83. The first-order valence-electron chi connectivity index (χ1n) is 5.37. The maximum Gasteiger partial charge on any atom is 0.331 e. The highest BCUT2D eigenvalue weighted by Gasteiger charge is 2.28. The van der Waals surface area contributed by atoms with Crippen molar-refractivity contribution in [1.82, 2.24) is 5.32 Å². The van der Waals surface area contributed by atoms with E-state index in [-0.39, 0.29) is 0 Å².